The van der Waals surface area contributed by atoms with Gasteiger partial charge in [-0.15, -0.1) is 24.0 Å². The third-order valence-electron chi connectivity index (χ3n) is 5.47. The summed E-state index contributed by atoms with van der Waals surface area (Å²) in [6, 6.07) is 19.5. The topological polar surface area (TPSA) is 70.4 Å². The van der Waals surface area contributed by atoms with Crippen LogP contribution in [-0.4, -0.2) is 51.8 Å². The van der Waals surface area contributed by atoms with Gasteiger partial charge in [0.05, 0.1) is 19.1 Å². The number of benzene rings is 2. The van der Waals surface area contributed by atoms with Crippen LogP contribution in [0.25, 0.3) is 0 Å². The molecule has 0 radical (unpaired) electrons. The van der Waals surface area contributed by atoms with E-state index in [1.165, 1.54) is 16.7 Å². The maximum Gasteiger partial charge on any atom is 0.191 e. The number of aromatic nitrogens is 3. The summed E-state index contributed by atoms with van der Waals surface area (Å²) in [5.74, 6) is 0.835. The molecule has 0 aliphatic rings. The van der Waals surface area contributed by atoms with E-state index < -0.39 is 0 Å². The van der Waals surface area contributed by atoms with Crippen molar-refractivity contribution in [1.29, 1.82) is 0 Å². The number of aliphatic imine (C=N–C) groups is 1. The maximum atomic E-state index is 4.84. The molecule has 0 aliphatic carbocycles. The van der Waals surface area contributed by atoms with Crippen molar-refractivity contribution in [2.24, 2.45) is 4.99 Å². The van der Waals surface area contributed by atoms with Crippen LogP contribution < -0.4 is 10.6 Å². The van der Waals surface area contributed by atoms with Gasteiger partial charge in [-0.25, -0.2) is 14.7 Å². The first-order chi connectivity index (χ1) is 15.7. The number of hydrogen-bond donors (Lipinski definition) is 2. The van der Waals surface area contributed by atoms with Gasteiger partial charge >= 0.3 is 0 Å². The molecule has 0 bridgehead atoms. The Bertz CT molecular complexity index is 940. The zero-order valence-corrected chi connectivity index (χ0v) is 22.1. The smallest absolute Gasteiger partial charge is 0.191 e. The number of guanidine groups is 1. The highest BCUT2D eigenvalue weighted by Gasteiger charge is 2.18. The molecule has 1 aromatic heterocycles. The molecule has 3 rings (SSSR count). The van der Waals surface area contributed by atoms with Crippen LogP contribution in [0.1, 0.15) is 43.5 Å². The molecule has 3 aromatic rings. The average Bonchev–Trinajstić information content (AvgIpc) is 3.34. The molecule has 0 amide bonds. The van der Waals surface area contributed by atoms with Crippen molar-refractivity contribution < 1.29 is 0 Å². The van der Waals surface area contributed by atoms with Gasteiger partial charge in [-0.2, -0.15) is 5.10 Å². The Morgan fingerprint density at radius 1 is 1.00 bits per heavy atom. The summed E-state index contributed by atoms with van der Waals surface area (Å²) in [7, 11) is 0. The standard InChI is InChI=1S/C25H35N7.HI/c1-4-27-25(29-17-24(31(5-2)6-3)23-13-8-7-9-14-23)28-16-21-11-10-12-22(15-21)18-32-20-26-19-30-32;/h7-15,19-20,24H,4-6,16-18H2,1-3H3,(H2,27,28,29);1H. The van der Waals surface area contributed by atoms with Crippen LogP contribution in [0, 0.1) is 0 Å². The predicted octanol–water partition coefficient (Wildman–Crippen LogP) is 4.08. The number of rotatable bonds is 11. The molecule has 0 aliphatic heterocycles. The summed E-state index contributed by atoms with van der Waals surface area (Å²) >= 11 is 0. The highest BCUT2D eigenvalue weighted by Crippen LogP contribution is 2.19. The Labute approximate surface area is 214 Å². The van der Waals surface area contributed by atoms with Crippen molar-refractivity contribution in [1.82, 2.24) is 30.3 Å². The lowest BCUT2D eigenvalue weighted by molar-refractivity contribution is 0.219. The fraction of sp³-hybridized carbons (Fsp3) is 0.400. The van der Waals surface area contributed by atoms with Gasteiger partial charge < -0.3 is 10.6 Å². The lowest BCUT2D eigenvalue weighted by Crippen LogP contribution is -2.43. The van der Waals surface area contributed by atoms with Crippen LogP contribution in [-0.2, 0) is 13.1 Å². The van der Waals surface area contributed by atoms with Crippen LogP contribution in [0.3, 0.4) is 0 Å². The van der Waals surface area contributed by atoms with Gasteiger partial charge in [-0.1, -0.05) is 68.4 Å². The van der Waals surface area contributed by atoms with E-state index in [1.807, 2.05) is 4.68 Å². The minimum Gasteiger partial charge on any atom is -0.357 e. The molecule has 0 saturated carbocycles. The molecule has 0 saturated heterocycles. The monoisotopic (exact) mass is 561 g/mol. The molecule has 1 unspecified atom stereocenters. The van der Waals surface area contributed by atoms with Crippen molar-refractivity contribution in [3.63, 3.8) is 0 Å². The highest BCUT2D eigenvalue weighted by molar-refractivity contribution is 14.0. The number of likely N-dealkylation sites (N-methyl/N-ethyl adjacent to an activating group) is 1. The highest BCUT2D eigenvalue weighted by atomic mass is 127. The van der Waals surface area contributed by atoms with Crippen molar-refractivity contribution in [3.8, 4) is 0 Å². The van der Waals surface area contributed by atoms with E-state index in [-0.39, 0.29) is 24.0 Å². The SMILES string of the molecule is CCNC(=NCc1cccc(Cn2cncn2)c1)NCC(c1ccccc1)N(CC)CC.I. The van der Waals surface area contributed by atoms with Gasteiger partial charge in [0.1, 0.15) is 12.7 Å². The van der Waals surface area contributed by atoms with Crippen LogP contribution in [0.15, 0.2) is 72.2 Å². The molecule has 0 fully saturated rings. The van der Waals surface area contributed by atoms with E-state index in [9.17, 15) is 0 Å². The summed E-state index contributed by atoms with van der Waals surface area (Å²) in [6.45, 7) is 11.5. The van der Waals surface area contributed by atoms with Crippen LogP contribution in [0.5, 0.6) is 0 Å². The molecular formula is C25H36IN7. The van der Waals surface area contributed by atoms with Gasteiger partial charge in [0.2, 0.25) is 0 Å². The molecular weight excluding hydrogens is 525 g/mol. The average molecular weight is 562 g/mol. The van der Waals surface area contributed by atoms with E-state index >= 15 is 0 Å². The molecule has 178 valence electrons. The van der Waals surface area contributed by atoms with E-state index in [2.05, 4.69) is 101 Å². The molecule has 7 nitrogen and oxygen atoms in total. The zero-order valence-electron chi connectivity index (χ0n) is 19.8. The maximum absolute atomic E-state index is 4.84. The Hall–Kier alpha value is -2.46. The first kappa shape index (κ1) is 26.8. The second kappa shape index (κ2) is 14.6. The van der Waals surface area contributed by atoms with Gasteiger partial charge in [0, 0.05) is 13.1 Å². The third-order valence-corrected chi connectivity index (χ3v) is 5.47. The number of halogens is 1. The first-order valence-corrected chi connectivity index (χ1v) is 11.4. The van der Waals surface area contributed by atoms with Gasteiger partial charge in [0.25, 0.3) is 0 Å². The van der Waals surface area contributed by atoms with E-state index in [0.717, 1.165) is 32.1 Å². The zero-order chi connectivity index (χ0) is 22.6. The van der Waals surface area contributed by atoms with Crippen LogP contribution in [0.4, 0.5) is 0 Å². The minimum absolute atomic E-state index is 0. The van der Waals surface area contributed by atoms with Crippen LogP contribution in [0.2, 0.25) is 0 Å². The quantitative estimate of drug-likeness (QED) is 0.210. The number of nitrogens with zero attached hydrogens (tertiary/aromatic N) is 5. The predicted molar refractivity (Wildman–Crippen MR) is 146 cm³/mol. The van der Waals surface area contributed by atoms with E-state index in [4.69, 9.17) is 4.99 Å². The minimum atomic E-state index is 0. The Morgan fingerprint density at radius 2 is 1.76 bits per heavy atom. The molecule has 1 atom stereocenters. The lowest BCUT2D eigenvalue weighted by Gasteiger charge is -2.30. The molecule has 0 spiro atoms. The second-order valence-electron chi connectivity index (χ2n) is 7.64. The van der Waals surface area contributed by atoms with E-state index in [0.29, 0.717) is 19.1 Å². The molecule has 8 heteroatoms. The largest absolute Gasteiger partial charge is 0.357 e. The van der Waals surface area contributed by atoms with Gasteiger partial charge in [-0.05, 0) is 36.7 Å². The van der Waals surface area contributed by atoms with E-state index in [1.54, 1.807) is 12.7 Å². The second-order valence-corrected chi connectivity index (χ2v) is 7.64. The summed E-state index contributed by atoms with van der Waals surface area (Å²) in [5.41, 5.74) is 3.68. The third kappa shape index (κ3) is 8.43. The summed E-state index contributed by atoms with van der Waals surface area (Å²) in [4.78, 5) is 11.3. The van der Waals surface area contributed by atoms with Crippen molar-refractivity contribution in [2.45, 2.75) is 39.9 Å². The Morgan fingerprint density at radius 3 is 2.42 bits per heavy atom. The summed E-state index contributed by atoms with van der Waals surface area (Å²) in [5, 5.41) is 11.1. The summed E-state index contributed by atoms with van der Waals surface area (Å²) in [6.07, 6.45) is 3.29. The van der Waals surface area contributed by atoms with Crippen molar-refractivity contribution in [3.05, 3.63) is 83.9 Å². The first-order valence-electron chi connectivity index (χ1n) is 11.4. The Kier molecular flexibility index (Phi) is 11.9. The molecule has 2 aromatic carbocycles. The molecule has 33 heavy (non-hydrogen) atoms. The van der Waals surface area contributed by atoms with Crippen molar-refractivity contribution in [2.75, 3.05) is 26.2 Å². The number of nitrogens with one attached hydrogen (secondary N) is 2. The van der Waals surface area contributed by atoms with Crippen LogP contribution >= 0.6 is 24.0 Å². The molecule has 1 heterocycles. The van der Waals surface area contributed by atoms with Gasteiger partial charge in [0.15, 0.2) is 5.96 Å². The fourth-order valence-electron chi connectivity index (χ4n) is 3.83. The fourth-order valence-corrected chi connectivity index (χ4v) is 3.83. The van der Waals surface area contributed by atoms with Gasteiger partial charge in [-0.3, -0.25) is 4.90 Å². The lowest BCUT2D eigenvalue weighted by atomic mass is 10.1. The summed E-state index contributed by atoms with van der Waals surface area (Å²) < 4.78 is 1.82. The Balaban J connectivity index is 0.00000385. The van der Waals surface area contributed by atoms with Crippen molar-refractivity contribution >= 4 is 29.9 Å². The number of hydrogen-bond acceptors (Lipinski definition) is 4. The molecule has 2 N–H and O–H groups in total. The normalized spacial score (nSPS) is 12.3.